The van der Waals surface area contributed by atoms with Crippen molar-refractivity contribution < 1.29 is 4.74 Å². The Morgan fingerprint density at radius 2 is 2.06 bits per heavy atom. The number of rotatable bonds is 3. The molecule has 0 aromatic heterocycles. The lowest BCUT2D eigenvalue weighted by Crippen LogP contribution is -2.04. The van der Waals surface area contributed by atoms with Gasteiger partial charge in [0.25, 0.3) is 0 Å². The van der Waals surface area contributed by atoms with Crippen LogP contribution in [0.25, 0.3) is 5.70 Å². The van der Waals surface area contributed by atoms with E-state index in [1.165, 1.54) is 0 Å². The van der Waals surface area contributed by atoms with Gasteiger partial charge in [-0.2, -0.15) is 0 Å². The zero-order valence-corrected chi connectivity index (χ0v) is 10.9. The number of methoxy groups -OCH3 is 1. The van der Waals surface area contributed by atoms with Gasteiger partial charge in [0.1, 0.15) is 5.75 Å². The standard InChI is InChI=1S/C13H16N2OS/c1-9(13-15-7-8-17-13)12(14)10-3-5-11(16-2)6-4-10/h3-6H,7-8,14H2,1-2H3/b12-9-. The average molecular weight is 248 g/mol. The molecule has 0 saturated heterocycles. The molecular weight excluding hydrogens is 232 g/mol. The maximum Gasteiger partial charge on any atom is 0.118 e. The van der Waals surface area contributed by atoms with Crippen LogP contribution in [0.1, 0.15) is 12.5 Å². The van der Waals surface area contributed by atoms with E-state index >= 15 is 0 Å². The second-order valence-corrected chi connectivity index (χ2v) is 4.89. The van der Waals surface area contributed by atoms with Crippen molar-refractivity contribution in [1.29, 1.82) is 0 Å². The molecular formula is C13H16N2OS. The van der Waals surface area contributed by atoms with E-state index in [0.717, 1.165) is 39.9 Å². The Morgan fingerprint density at radius 1 is 1.35 bits per heavy atom. The van der Waals surface area contributed by atoms with Crippen molar-refractivity contribution in [2.45, 2.75) is 6.92 Å². The minimum atomic E-state index is 0.792. The maximum atomic E-state index is 6.15. The summed E-state index contributed by atoms with van der Waals surface area (Å²) in [6.07, 6.45) is 0. The summed E-state index contributed by atoms with van der Waals surface area (Å²) in [5.41, 5.74) is 9.03. The van der Waals surface area contributed by atoms with Crippen molar-refractivity contribution in [2.24, 2.45) is 10.7 Å². The van der Waals surface area contributed by atoms with E-state index in [9.17, 15) is 0 Å². The fourth-order valence-corrected chi connectivity index (χ4v) is 2.55. The molecule has 1 aliphatic rings. The number of benzene rings is 1. The third-order valence-electron chi connectivity index (χ3n) is 2.71. The summed E-state index contributed by atoms with van der Waals surface area (Å²) in [6, 6.07) is 7.77. The van der Waals surface area contributed by atoms with Crippen LogP contribution in [-0.2, 0) is 0 Å². The van der Waals surface area contributed by atoms with E-state index in [1.807, 2.05) is 31.2 Å². The molecule has 0 spiro atoms. The Kier molecular flexibility index (Phi) is 3.74. The third kappa shape index (κ3) is 2.64. The monoisotopic (exact) mass is 248 g/mol. The van der Waals surface area contributed by atoms with Crippen molar-refractivity contribution in [3.8, 4) is 5.75 Å². The number of nitrogens with two attached hydrogens (primary N) is 1. The smallest absolute Gasteiger partial charge is 0.118 e. The number of nitrogens with zero attached hydrogens (tertiary/aromatic N) is 1. The Hall–Kier alpha value is -1.42. The summed E-state index contributed by atoms with van der Waals surface area (Å²) >= 11 is 1.77. The highest BCUT2D eigenvalue weighted by molar-refractivity contribution is 8.14. The van der Waals surface area contributed by atoms with Gasteiger partial charge in [0, 0.05) is 23.6 Å². The number of thioether (sulfide) groups is 1. The van der Waals surface area contributed by atoms with Crippen molar-refractivity contribution in [1.82, 2.24) is 0 Å². The lowest BCUT2D eigenvalue weighted by molar-refractivity contribution is 0.415. The van der Waals surface area contributed by atoms with Gasteiger partial charge in [0.15, 0.2) is 0 Å². The zero-order chi connectivity index (χ0) is 12.3. The highest BCUT2D eigenvalue weighted by Crippen LogP contribution is 2.24. The van der Waals surface area contributed by atoms with E-state index in [0.29, 0.717) is 0 Å². The second kappa shape index (κ2) is 5.27. The van der Waals surface area contributed by atoms with Crippen LogP contribution in [0.2, 0.25) is 0 Å². The summed E-state index contributed by atoms with van der Waals surface area (Å²) in [7, 11) is 1.66. The normalized spacial score (nSPS) is 16.5. The minimum Gasteiger partial charge on any atom is -0.497 e. The second-order valence-electron chi connectivity index (χ2n) is 3.80. The molecule has 0 amide bonds. The summed E-state index contributed by atoms with van der Waals surface area (Å²) < 4.78 is 5.12. The SMILES string of the molecule is COc1ccc(/C(N)=C(\C)C2=NCCS2)cc1. The van der Waals surface area contributed by atoms with Crippen LogP contribution in [0, 0.1) is 0 Å². The zero-order valence-electron chi connectivity index (χ0n) is 10.1. The van der Waals surface area contributed by atoms with Gasteiger partial charge < -0.3 is 10.5 Å². The lowest BCUT2D eigenvalue weighted by Gasteiger charge is -2.08. The van der Waals surface area contributed by atoms with Crippen LogP contribution < -0.4 is 10.5 Å². The molecule has 0 saturated carbocycles. The molecule has 1 heterocycles. The van der Waals surface area contributed by atoms with Crippen LogP contribution in [0.15, 0.2) is 34.8 Å². The van der Waals surface area contributed by atoms with Gasteiger partial charge in [-0.25, -0.2) is 0 Å². The van der Waals surface area contributed by atoms with Gasteiger partial charge in [-0.15, -0.1) is 11.8 Å². The molecule has 2 N–H and O–H groups in total. The van der Waals surface area contributed by atoms with Gasteiger partial charge >= 0.3 is 0 Å². The average Bonchev–Trinajstić information content (AvgIpc) is 2.91. The molecule has 0 fully saturated rings. The molecule has 0 aliphatic carbocycles. The molecule has 0 bridgehead atoms. The third-order valence-corrected chi connectivity index (χ3v) is 3.81. The minimum absolute atomic E-state index is 0.792. The quantitative estimate of drug-likeness (QED) is 0.894. The van der Waals surface area contributed by atoms with Gasteiger partial charge in [0.2, 0.25) is 0 Å². The molecule has 90 valence electrons. The molecule has 17 heavy (non-hydrogen) atoms. The molecule has 2 rings (SSSR count). The molecule has 4 heteroatoms. The summed E-state index contributed by atoms with van der Waals surface area (Å²) in [6.45, 7) is 2.92. The van der Waals surface area contributed by atoms with Crippen molar-refractivity contribution in [3.63, 3.8) is 0 Å². The maximum absolute atomic E-state index is 6.15. The molecule has 1 aromatic carbocycles. The van der Waals surface area contributed by atoms with Gasteiger partial charge in [-0.1, -0.05) is 0 Å². The topological polar surface area (TPSA) is 47.6 Å². The first kappa shape index (κ1) is 12.0. The fourth-order valence-electron chi connectivity index (χ4n) is 1.66. The van der Waals surface area contributed by atoms with Crippen LogP contribution >= 0.6 is 11.8 Å². The first-order chi connectivity index (χ1) is 8.22. The molecule has 0 unspecified atom stereocenters. The van der Waals surface area contributed by atoms with Gasteiger partial charge in [-0.3, -0.25) is 4.99 Å². The predicted octanol–water partition coefficient (Wildman–Crippen LogP) is 2.53. The van der Waals surface area contributed by atoms with Crippen molar-refractivity contribution in [3.05, 3.63) is 35.4 Å². The Bertz CT molecular complexity index is 463. The van der Waals surface area contributed by atoms with Crippen molar-refractivity contribution in [2.75, 3.05) is 19.4 Å². The predicted molar refractivity (Wildman–Crippen MR) is 74.5 cm³/mol. The number of ether oxygens (including phenoxy) is 1. The highest BCUT2D eigenvalue weighted by atomic mass is 32.2. The van der Waals surface area contributed by atoms with Crippen LogP contribution in [0.5, 0.6) is 5.75 Å². The highest BCUT2D eigenvalue weighted by Gasteiger charge is 2.12. The van der Waals surface area contributed by atoms with E-state index in [1.54, 1.807) is 18.9 Å². The Balaban J connectivity index is 2.28. The lowest BCUT2D eigenvalue weighted by atomic mass is 10.1. The number of hydrogen-bond acceptors (Lipinski definition) is 4. The van der Waals surface area contributed by atoms with Crippen LogP contribution in [-0.4, -0.2) is 24.5 Å². The summed E-state index contributed by atoms with van der Waals surface area (Å²) in [4.78, 5) is 4.43. The largest absolute Gasteiger partial charge is 0.497 e. The molecule has 0 atom stereocenters. The molecule has 3 nitrogen and oxygen atoms in total. The molecule has 0 radical (unpaired) electrons. The molecule has 1 aliphatic heterocycles. The van der Waals surface area contributed by atoms with Crippen molar-refractivity contribution >= 4 is 22.5 Å². The van der Waals surface area contributed by atoms with Crippen LogP contribution in [0.4, 0.5) is 0 Å². The van der Waals surface area contributed by atoms with E-state index in [4.69, 9.17) is 10.5 Å². The summed E-state index contributed by atoms with van der Waals surface area (Å²) in [5, 5.41) is 1.07. The fraction of sp³-hybridized carbons (Fsp3) is 0.308. The van der Waals surface area contributed by atoms with Gasteiger partial charge in [-0.05, 0) is 36.8 Å². The van der Waals surface area contributed by atoms with E-state index in [2.05, 4.69) is 4.99 Å². The van der Waals surface area contributed by atoms with E-state index < -0.39 is 0 Å². The number of aliphatic imine (C=N–C) groups is 1. The first-order valence-electron chi connectivity index (χ1n) is 5.51. The summed E-state index contributed by atoms with van der Waals surface area (Å²) in [5.74, 6) is 1.90. The number of hydrogen-bond donors (Lipinski definition) is 1. The van der Waals surface area contributed by atoms with Crippen LogP contribution in [0.3, 0.4) is 0 Å². The Morgan fingerprint density at radius 3 is 2.59 bits per heavy atom. The molecule has 1 aromatic rings. The first-order valence-corrected chi connectivity index (χ1v) is 6.49. The Labute approximate surface area is 106 Å². The van der Waals surface area contributed by atoms with E-state index in [-0.39, 0.29) is 0 Å². The van der Waals surface area contributed by atoms with Gasteiger partial charge in [0.05, 0.1) is 12.2 Å².